The number of sulfonamides is 1. The smallest absolute Gasteiger partial charge is 0.264 e. The summed E-state index contributed by atoms with van der Waals surface area (Å²) in [5, 5.41) is 0. The van der Waals surface area contributed by atoms with Gasteiger partial charge in [0.2, 0.25) is 0 Å². The van der Waals surface area contributed by atoms with E-state index in [9.17, 15) is 8.42 Å². The minimum Gasteiger partial charge on any atom is -0.306 e. The van der Waals surface area contributed by atoms with Gasteiger partial charge in [-0.05, 0) is 56.0 Å². The van der Waals surface area contributed by atoms with Crippen LogP contribution in [0.1, 0.15) is 22.4 Å². The average Bonchev–Trinajstić information content (AvgIpc) is 3.22. The van der Waals surface area contributed by atoms with Crippen molar-refractivity contribution in [3.63, 3.8) is 0 Å². The van der Waals surface area contributed by atoms with Crippen LogP contribution in [0.25, 0.3) is 5.69 Å². The van der Waals surface area contributed by atoms with Crippen LogP contribution in [0.15, 0.2) is 53.8 Å². The van der Waals surface area contributed by atoms with Crippen LogP contribution < -0.4 is 4.31 Å². The molecule has 3 aromatic rings. The molecule has 0 bridgehead atoms. The van der Waals surface area contributed by atoms with Crippen molar-refractivity contribution in [3.8, 4) is 5.69 Å². The molecule has 0 unspecified atom stereocenters. The average molecular weight is 367 g/mol. The largest absolute Gasteiger partial charge is 0.306 e. The molecule has 1 aliphatic heterocycles. The van der Waals surface area contributed by atoms with Gasteiger partial charge in [-0.25, -0.2) is 13.4 Å². The lowest BCUT2D eigenvalue weighted by atomic mass is 10.1. The van der Waals surface area contributed by atoms with Gasteiger partial charge in [-0.15, -0.1) is 0 Å². The normalized spacial score (nSPS) is 13.9. The Morgan fingerprint density at radius 1 is 1.04 bits per heavy atom. The molecule has 134 valence electrons. The zero-order valence-electron chi connectivity index (χ0n) is 15.1. The van der Waals surface area contributed by atoms with Gasteiger partial charge in [-0.1, -0.05) is 24.3 Å². The highest BCUT2D eigenvalue weighted by Crippen LogP contribution is 2.36. The van der Waals surface area contributed by atoms with Gasteiger partial charge in [0.05, 0.1) is 22.6 Å². The van der Waals surface area contributed by atoms with Crippen LogP contribution in [0.5, 0.6) is 0 Å². The van der Waals surface area contributed by atoms with Gasteiger partial charge in [-0.2, -0.15) is 0 Å². The molecule has 0 fully saturated rings. The maximum Gasteiger partial charge on any atom is 0.264 e. The van der Waals surface area contributed by atoms with E-state index >= 15 is 0 Å². The number of hydrogen-bond acceptors (Lipinski definition) is 3. The highest BCUT2D eigenvalue weighted by Gasteiger charge is 2.33. The molecule has 1 aliphatic rings. The lowest BCUT2D eigenvalue weighted by molar-refractivity contribution is 0.591. The summed E-state index contributed by atoms with van der Waals surface area (Å²) in [7, 11) is -3.63. The number of para-hydroxylation sites is 1. The quantitative estimate of drug-likeness (QED) is 0.711. The third-order valence-electron chi connectivity index (χ3n) is 4.90. The number of nitrogens with zero attached hydrogens (tertiary/aromatic N) is 3. The zero-order chi connectivity index (χ0) is 18.5. The molecule has 0 atom stereocenters. The summed E-state index contributed by atoms with van der Waals surface area (Å²) in [5.41, 5.74) is 5.33. The molecule has 2 aromatic carbocycles. The minimum absolute atomic E-state index is 0.345. The monoisotopic (exact) mass is 367 g/mol. The van der Waals surface area contributed by atoms with Gasteiger partial charge in [0, 0.05) is 18.4 Å². The van der Waals surface area contributed by atoms with Crippen LogP contribution in [0, 0.1) is 20.8 Å². The number of fused-ring (bicyclic) bond motifs is 1. The molecule has 0 aliphatic carbocycles. The van der Waals surface area contributed by atoms with E-state index in [1.165, 1.54) is 0 Å². The maximum absolute atomic E-state index is 13.5. The number of imidazole rings is 1. The van der Waals surface area contributed by atoms with Crippen LogP contribution in [0.4, 0.5) is 5.69 Å². The zero-order valence-corrected chi connectivity index (χ0v) is 15.9. The molecule has 6 heteroatoms. The Morgan fingerprint density at radius 2 is 1.85 bits per heavy atom. The molecule has 0 amide bonds. The number of aromatic nitrogens is 2. The summed E-state index contributed by atoms with van der Waals surface area (Å²) >= 11 is 0. The van der Waals surface area contributed by atoms with Crippen molar-refractivity contribution in [2.45, 2.75) is 32.1 Å². The molecule has 0 N–H and O–H groups in total. The van der Waals surface area contributed by atoms with Crippen molar-refractivity contribution in [2.75, 3.05) is 10.8 Å². The Labute approximate surface area is 154 Å². The van der Waals surface area contributed by atoms with E-state index in [4.69, 9.17) is 0 Å². The first-order valence-corrected chi connectivity index (χ1v) is 10.0. The van der Waals surface area contributed by atoms with Gasteiger partial charge >= 0.3 is 0 Å². The first kappa shape index (κ1) is 16.8. The first-order chi connectivity index (χ1) is 12.4. The summed E-state index contributed by atoms with van der Waals surface area (Å²) in [4.78, 5) is 4.57. The lowest BCUT2D eigenvalue weighted by Crippen LogP contribution is -2.30. The van der Waals surface area contributed by atoms with Crippen LogP contribution in [-0.4, -0.2) is 24.5 Å². The molecule has 5 nitrogen and oxygen atoms in total. The van der Waals surface area contributed by atoms with Crippen LogP contribution in [0.3, 0.4) is 0 Å². The lowest BCUT2D eigenvalue weighted by Gasteiger charge is -2.22. The molecular weight excluding hydrogens is 346 g/mol. The molecule has 2 heterocycles. The molecular formula is C20H21N3O2S. The molecule has 1 aromatic heterocycles. The maximum atomic E-state index is 13.5. The second-order valence-corrected chi connectivity index (χ2v) is 8.61. The molecule has 0 radical (unpaired) electrons. The summed E-state index contributed by atoms with van der Waals surface area (Å²) < 4.78 is 30.3. The SMILES string of the molecule is Cc1cn(-c2ccc(C)c(S(=O)(=O)N3CCc4cccc(C)c43)c2)cn1. The van der Waals surface area contributed by atoms with Crippen molar-refractivity contribution in [3.05, 3.63) is 71.3 Å². The van der Waals surface area contributed by atoms with Crippen LogP contribution in [-0.2, 0) is 16.4 Å². The second-order valence-electron chi connectivity index (χ2n) is 6.78. The van der Waals surface area contributed by atoms with Crippen molar-refractivity contribution in [1.29, 1.82) is 0 Å². The molecule has 26 heavy (non-hydrogen) atoms. The van der Waals surface area contributed by atoms with Gasteiger partial charge < -0.3 is 4.57 Å². The van der Waals surface area contributed by atoms with Crippen molar-refractivity contribution in [1.82, 2.24) is 9.55 Å². The van der Waals surface area contributed by atoms with E-state index in [2.05, 4.69) is 4.98 Å². The third kappa shape index (κ3) is 2.61. The van der Waals surface area contributed by atoms with Crippen molar-refractivity contribution < 1.29 is 8.42 Å². The van der Waals surface area contributed by atoms with Gasteiger partial charge in [0.1, 0.15) is 0 Å². The minimum atomic E-state index is -3.63. The number of rotatable bonds is 3. The van der Waals surface area contributed by atoms with E-state index < -0.39 is 10.0 Å². The van der Waals surface area contributed by atoms with E-state index in [0.29, 0.717) is 11.4 Å². The molecule has 0 saturated carbocycles. The molecule has 0 saturated heterocycles. The first-order valence-electron chi connectivity index (χ1n) is 8.61. The Morgan fingerprint density at radius 3 is 2.58 bits per heavy atom. The standard InChI is InChI=1S/C20H21N3O2S/c1-14-7-8-18(22-12-16(3)21-13-22)11-19(14)26(24,25)23-10-9-17-6-4-5-15(2)20(17)23/h4-8,11-13H,9-10H2,1-3H3. The van der Waals surface area contributed by atoms with Gasteiger partial charge in [0.15, 0.2) is 0 Å². The summed E-state index contributed by atoms with van der Waals surface area (Å²) in [6.45, 7) is 6.19. The van der Waals surface area contributed by atoms with Crippen molar-refractivity contribution in [2.24, 2.45) is 0 Å². The number of aryl methyl sites for hydroxylation is 3. The fourth-order valence-corrected chi connectivity index (χ4v) is 5.38. The fourth-order valence-electron chi connectivity index (χ4n) is 3.56. The van der Waals surface area contributed by atoms with E-state index in [1.54, 1.807) is 16.7 Å². The molecule has 0 spiro atoms. The topological polar surface area (TPSA) is 55.2 Å². The Hall–Kier alpha value is -2.60. The predicted octanol–water partition coefficient (Wildman–Crippen LogP) is 3.55. The summed E-state index contributed by atoms with van der Waals surface area (Å²) in [6, 6.07) is 11.5. The van der Waals surface area contributed by atoms with Crippen molar-refractivity contribution >= 4 is 15.7 Å². The predicted molar refractivity (Wildman–Crippen MR) is 102 cm³/mol. The van der Waals surface area contributed by atoms with Crippen LogP contribution >= 0.6 is 0 Å². The van der Waals surface area contributed by atoms with Gasteiger partial charge in [-0.3, -0.25) is 4.31 Å². The van der Waals surface area contributed by atoms with Gasteiger partial charge in [0.25, 0.3) is 10.0 Å². The summed E-state index contributed by atoms with van der Waals surface area (Å²) in [6.07, 6.45) is 4.33. The highest BCUT2D eigenvalue weighted by atomic mass is 32.2. The van der Waals surface area contributed by atoms with E-state index in [1.807, 2.05) is 61.9 Å². The summed E-state index contributed by atoms with van der Waals surface area (Å²) in [5.74, 6) is 0. The molecule has 4 rings (SSSR count). The third-order valence-corrected chi connectivity index (χ3v) is 6.85. The van der Waals surface area contributed by atoms with E-state index in [-0.39, 0.29) is 0 Å². The number of benzene rings is 2. The number of hydrogen-bond donors (Lipinski definition) is 0. The Balaban J connectivity index is 1.83. The second kappa shape index (κ2) is 5.99. The van der Waals surface area contributed by atoms with E-state index in [0.717, 1.165) is 40.2 Å². The highest BCUT2D eigenvalue weighted by molar-refractivity contribution is 7.93. The Kier molecular flexibility index (Phi) is 3.88. The number of anilines is 1. The van der Waals surface area contributed by atoms with Crippen LogP contribution in [0.2, 0.25) is 0 Å². The Bertz CT molecular complexity index is 1100. The fraction of sp³-hybridized carbons (Fsp3) is 0.250.